The number of Topliss-reactive ketones (excluding diaryl/α,β-unsaturated/α-hetero) is 2. The van der Waals surface area contributed by atoms with Gasteiger partial charge in [-0.25, -0.2) is 0 Å². The molecule has 0 aliphatic carbocycles. The maximum absolute atomic E-state index is 12.5. The second kappa shape index (κ2) is 7.46. The van der Waals surface area contributed by atoms with Crippen molar-refractivity contribution >= 4 is 34.1 Å². The van der Waals surface area contributed by atoms with Crippen LogP contribution in [0, 0.1) is 6.92 Å². The Morgan fingerprint density at radius 1 is 1.04 bits per heavy atom. The van der Waals surface area contributed by atoms with E-state index in [9.17, 15) is 9.59 Å². The molecule has 0 fully saturated rings. The zero-order chi connectivity index (χ0) is 18.8. The van der Waals surface area contributed by atoms with Crippen LogP contribution in [0.15, 0.2) is 42.5 Å². The van der Waals surface area contributed by atoms with Gasteiger partial charge in [-0.15, -0.1) is 0 Å². The number of rotatable bonds is 6. The van der Waals surface area contributed by atoms with Gasteiger partial charge in [0.1, 0.15) is 5.78 Å². The Morgan fingerprint density at radius 3 is 2.35 bits per heavy atom. The van der Waals surface area contributed by atoms with Gasteiger partial charge in [-0.1, -0.05) is 41.9 Å². The van der Waals surface area contributed by atoms with Crippen molar-refractivity contribution in [2.24, 2.45) is 0 Å². The molecule has 0 amide bonds. The molecular formula is C22H22ClNO2. The van der Waals surface area contributed by atoms with Gasteiger partial charge in [0.15, 0.2) is 5.78 Å². The van der Waals surface area contributed by atoms with E-state index < -0.39 is 0 Å². The number of benzene rings is 2. The van der Waals surface area contributed by atoms with Crippen LogP contribution < -0.4 is 0 Å². The molecule has 3 aromatic rings. The lowest BCUT2D eigenvalue weighted by Gasteiger charge is -2.10. The highest BCUT2D eigenvalue weighted by molar-refractivity contribution is 6.32. The number of hydrogen-bond acceptors (Lipinski definition) is 2. The lowest BCUT2D eigenvalue weighted by atomic mass is 9.99. The molecule has 1 aromatic heterocycles. The number of hydrogen-bond donors (Lipinski definition) is 0. The largest absolute Gasteiger partial charge is 0.333 e. The van der Waals surface area contributed by atoms with E-state index in [-0.39, 0.29) is 11.6 Å². The predicted molar refractivity (Wildman–Crippen MR) is 106 cm³/mol. The van der Waals surface area contributed by atoms with E-state index in [1.165, 1.54) is 0 Å². The number of aromatic nitrogens is 1. The van der Waals surface area contributed by atoms with Crippen LogP contribution in [0.5, 0.6) is 0 Å². The minimum Gasteiger partial charge on any atom is -0.333 e. The molecule has 3 nitrogen and oxygen atoms in total. The van der Waals surface area contributed by atoms with Gasteiger partial charge < -0.3 is 9.36 Å². The van der Waals surface area contributed by atoms with Gasteiger partial charge in [-0.2, -0.15) is 0 Å². The zero-order valence-electron chi connectivity index (χ0n) is 15.3. The summed E-state index contributed by atoms with van der Waals surface area (Å²) in [5, 5.41) is 1.67. The van der Waals surface area contributed by atoms with Gasteiger partial charge >= 0.3 is 0 Å². The Bertz CT molecular complexity index is 987. The number of nitrogens with zero attached hydrogens (tertiary/aromatic N) is 1. The number of halogens is 1. The van der Waals surface area contributed by atoms with Crippen LogP contribution in [-0.4, -0.2) is 16.1 Å². The van der Waals surface area contributed by atoms with Crippen LogP contribution in [0.25, 0.3) is 10.9 Å². The van der Waals surface area contributed by atoms with Gasteiger partial charge in [0, 0.05) is 35.8 Å². The average molecular weight is 368 g/mol. The summed E-state index contributed by atoms with van der Waals surface area (Å²) in [4.78, 5) is 24.1. The van der Waals surface area contributed by atoms with Gasteiger partial charge in [-0.05, 0) is 49.1 Å². The van der Waals surface area contributed by atoms with Gasteiger partial charge in [-0.3, -0.25) is 4.79 Å². The summed E-state index contributed by atoms with van der Waals surface area (Å²) in [6.07, 6.45) is 0.959. The molecule has 0 unspecified atom stereocenters. The van der Waals surface area contributed by atoms with Crippen LogP contribution in [0.2, 0.25) is 5.02 Å². The van der Waals surface area contributed by atoms with E-state index in [0.29, 0.717) is 30.1 Å². The molecule has 2 aromatic carbocycles. The quantitative estimate of drug-likeness (QED) is 0.549. The molecule has 26 heavy (non-hydrogen) atoms. The lowest BCUT2D eigenvalue weighted by molar-refractivity contribution is -0.116. The summed E-state index contributed by atoms with van der Waals surface area (Å²) >= 11 is 6.36. The molecule has 0 aliphatic heterocycles. The van der Waals surface area contributed by atoms with Gasteiger partial charge in [0.05, 0.1) is 5.69 Å². The van der Waals surface area contributed by atoms with Crippen molar-refractivity contribution in [3.63, 3.8) is 0 Å². The third-order valence-electron chi connectivity index (χ3n) is 4.77. The first-order chi connectivity index (χ1) is 12.4. The molecule has 0 saturated heterocycles. The van der Waals surface area contributed by atoms with E-state index in [1.54, 1.807) is 13.8 Å². The first-order valence-electron chi connectivity index (χ1n) is 8.74. The number of aryl methyl sites for hydroxylation is 2. The van der Waals surface area contributed by atoms with Crippen molar-refractivity contribution < 1.29 is 9.59 Å². The fraction of sp³-hybridized carbons (Fsp3) is 0.273. The Morgan fingerprint density at radius 2 is 1.73 bits per heavy atom. The topological polar surface area (TPSA) is 39.1 Å². The molecule has 0 saturated carbocycles. The monoisotopic (exact) mass is 367 g/mol. The van der Waals surface area contributed by atoms with E-state index in [1.807, 2.05) is 49.4 Å². The Balaban J connectivity index is 2.28. The SMILES string of the molecule is CC(=O)CCc1c(C(C)=O)n(Cc2ccccc2)c2ccc(Cl)c(C)c12. The van der Waals surface area contributed by atoms with Crippen molar-refractivity contribution in [3.8, 4) is 0 Å². The molecule has 4 heteroatoms. The van der Waals surface area contributed by atoms with Gasteiger partial charge in [0.25, 0.3) is 0 Å². The Labute approximate surface area is 158 Å². The molecule has 134 valence electrons. The summed E-state index contributed by atoms with van der Waals surface area (Å²) in [6.45, 7) is 5.74. The molecule has 0 radical (unpaired) electrons. The predicted octanol–water partition coefficient (Wildman–Crippen LogP) is 5.38. The maximum Gasteiger partial charge on any atom is 0.176 e. The lowest BCUT2D eigenvalue weighted by Crippen LogP contribution is -2.10. The minimum atomic E-state index is 0.00575. The van der Waals surface area contributed by atoms with Crippen LogP contribution in [0.3, 0.4) is 0 Å². The summed E-state index contributed by atoms with van der Waals surface area (Å²) in [6, 6.07) is 13.9. The fourth-order valence-corrected chi connectivity index (χ4v) is 3.71. The van der Waals surface area contributed by atoms with Gasteiger partial charge in [0.2, 0.25) is 0 Å². The summed E-state index contributed by atoms with van der Waals surface area (Å²) in [5.74, 6) is 0.120. The second-order valence-electron chi connectivity index (χ2n) is 6.72. The maximum atomic E-state index is 12.5. The number of carbonyl (C=O) groups is 2. The Kier molecular flexibility index (Phi) is 5.28. The van der Waals surface area contributed by atoms with Crippen molar-refractivity contribution in [1.29, 1.82) is 0 Å². The van der Waals surface area contributed by atoms with E-state index >= 15 is 0 Å². The molecular weight excluding hydrogens is 346 g/mol. The molecule has 0 bridgehead atoms. The number of ketones is 2. The third kappa shape index (κ3) is 3.45. The number of fused-ring (bicyclic) bond motifs is 1. The average Bonchev–Trinajstić information content (AvgIpc) is 2.91. The fourth-order valence-electron chi connectivity index (χ4n) is 3.56. The first-order valence-corrected chi connectivity index (χ1v) is 9.12. The third-order valence-corrected chi connectivity index (χ3v) is 5.18. The van der Waals surface area contributed by atoms with Crippen LogP contribution in [-0.2, 0) is 17.8 Å². The molecule has 3 rings (SSSR count). The van der Waals surface area contributed by atoms with Crippen molar-refractivity contribution in [2.75, 3.05) is 0 Å². The molecule has 1 heterocycles. The van der Waals surface area contributed by atoms with Crippen LogP contribution in [0.1, 0.15) is 47.4 Å². The summed E-state index contributed by atoms with van der Waals surface area (Å²) in [7, 11) is 0. The van der Waals surface area contributed by atoms with E-state index in [4.69, 9.17) is 11.6 Å². The smallest absolute Gasteiger partial charge is 0.176 e. The van der Waals surface area contributed by atoms with Crippen molar-refractivity contribution in [1.82, 2.24) is 4.57 Å². The highest BCUT2D eigenvalue weighted by Gasteiger charge is 2.22. The standard InChI is InChI=1S/C22H22ClNO2/c1-14(25)9-10-18-21-15(2)19(23)11-12-20(21)24(22(18)16(3)26)13-17-7-5-4-6-8-17/h4-8,11-12H,9-10,13H2,1-3H3. The van der Waals surface area contributed by atoms with E-state index in [2.05, 4.69) is 4.57 Å². The molecule has 0 atom stereocenters. The zero-order valence-corrected chi connectivity index (χ0v) is 16.1. The van der Waals surface area contributed by atoms with Crippen LogP contribution in [0.4, 0.5) is 0 Å². The minimum absolute atomic E-state index is 0.00575. The summed E-state index contributed by atoms with van der Waals surface area (Å²) in [5.41, 5.74) is 4.67. The van der Waals surface area contributed by atoms with E-state index in [0.717, 1.165) is 27.6 Å². The normalized spacial score (nSPS) is 11.1. The van der Waals surface area contributed by atoms with Crippen LogP contribution >= 0.6 is 11.6 Å². The second-order valence-corrected chi connectivity index (χ2v) is 7.13. The Hall–Kier alpha value is -2.39. The summed E-state index contributed by atoms with van der Waals surface area (Å²) < 4.78 is 2.06. The highest BCUT2D eigenvalue weighted by Crippen LogP contribution is 2.34. The molecule has 0 N–H and O–H groups in total. The number of carbonyl (C=O) groups excluding carboxylic acids is 2. The highest BCUT2D eigenvalue weighted by atomic mass is 35.5. The first kappa shape index (κ1) is 18.4. The van der Waals surface area contributed by atoms with Crippen molar-refractivity contribution in [3.05, 3.63) is 69.9 Å². The van der Waals surface area contributed by atoms with Crippen molar-refractivity contribution in [2.45, 2.75) is 40.2 Å². The molecule has 0 spiro atoms. The molecule has 0 aliphatic rings.